The number of carbonyl (C=O) groups is 4. The van der Waals surface area contributed by atoms with Crippen molar-refractivity contribution in [2.45, 2.75) is 24.8 Å². The van der Waals surface area contributed by atoms with Crippen LogP contribution in [0.3, 0.4) is 0 Å². The van der Waals surface area contributed by atoms with Crippen molar-refractivity contribution in [1.29, 1.82) is 0 Å². The quantitative estimate of drug-likeness (QED) is 0.386. The number of fused-ring (bicyclic) bond motifs is 1. The van der Waals surface area contributed by atoms with Gasteiger partial charge in [0.2, 0.25) is 0 Å². The summed E-state index contributed by atoms with van der Waals surface area (Å²) >= 11 is 4.24. The van der Waals surface area contributed by atoms with E-state index in [2.05, 4.69) is 23.3 Å². The minimum Gasteiger partial charge on any atom is -0.350 e. The normalized spacial score (nSPS) is 12.9. The average Bonchev–Trinajstić information content (AvgIpc) is 2.95. The van der Waals surface area contributed by atoms with Crippen LogP contribution in [0.15, 0.2) is 47.4 Å². The smallest absolute Gasteiger partial charge is 0.261 e. The second kappa shape index (κ2) is 8.48. The van der Waals surface area contributed by atoms with E-state index in [-0.39, 0.29) is 48.0 Å². The maximum Gasteiger partial charge on any atom is 0.261 e. The van der Waals surface area contributed by atoms with Gasteiger partial charge in [-0.25, -0.2) is 0 Å². The Hall–Kier alpha value is -3.13. The van der Waals surface area contributed by atoms with Gasteiger partial charge in [-0.05, 0) is 44.2 Å². The van der Waals surface area contributed by atoms with Crippen LogP contribution in [0.1, 0.15) is 55.3 Å². The number of hydrogen-bond acceptors (Lipinski definition) is 5. The summed E-state index contributed by atoms with van der Waals surface area (Å²) in [6.07, 6.45) is 0. The van der Waals surface area contributed by atoms with Crippen LogP contribution in [0, 0.1) is 0 Å². The molecule has 0 aromatic heterocycles. The number of nitrogens with one attached hydrogen (secondary N) is 2. The molecule has 7 nitrogen and oxygen atoms in total. The zero-order chi connectivity index (χ0) is 21.1. The summed E-state index contributed by atoms with van der Waals surface area (Å²) in [6.45, 7) is 3.96. The highest BCUT2D eigenvalue weighted by Gasteiger charge is 2.37. The number of carbonyl (C=O) groups excluding carboxylic acids is 4. The topological polar surface area (TPSA) is 95.6 Å². The molecule has 2 N–H and O–H groups in total. The van der Waals surface area contributed by atoms with Crippen LogP contribution in [0.5, 0.6) is 0 Å². The van der Waals surface area contributed by atoms with E-state index in [1.54, 1.807) is 38.1 Å². The highest BCUT2D eigenvalue weighted by Crippen LogP contribution is 2.25. The van der Waals surface area contributed by atoms with Gasteiger partial charge in [0.25, 0.3) is 23.6 Å². The van der Waals surface area contributed by atoms with Gasteiger partial charge in [-0.2, -0.15) is 0 Å². The first-order chi connectivity index (χ1) is 13.8. The third-order valence-electron chi connectivity index (χ3n) is 4.54. The molecule has 0 aliphatic carbocycles. The van der Waals surface area contributed by atoms with Crippen LogP contribution in [-0.2, 0) is 0 Å². The van der Waals surface area contributed by atoms with Gasteiger partial charge >= 0.3 is 0 Å². The molecule has 2 aromatic rings. The fourth-order valence-electron chi connectivity index (χ4n) is 3.08. The van der Waals surface area contributed by atoms with Crippen LogP contribution in [0.4, 0.5) is 0 Å². The zero-order valence-electron chi connectivity index (χ0n) is 16.1. The lowest BCUT2D eigenvalue weighted by molar-refractivity contribution is 0.0608. The molecule has 0 atom stereocenters. The molecule has 0 unspecified atom stereocenters. The maximum absolute atomic E-state index is 12.4. The summed E-state index contributed by atoms with van der Waals surface area (Å²) in [5, 5.41) is 5.40. The second-order valence-corrected chi connectivity index (χ2v) is 7.35. The van der Waals surface area contributed by atoms with Gasteiger partial charge in [0, 0.05) is 29.6 Å². The Kier molecular flexibility index (Phi) is 6.03. The van der Waals surface area contributed by atoms with Crippen molar-refractivity contribution in [2.75, 3.05) is 13.1 Å². The van der Waals surface area contributed by atoms with Gasteiger partial charge in [0.15, 0.2) is 0 Å². The predicted molar refractivity (Wildman–Crippen MR) is 110 cm³/mol. The molecule has 0 saturated heterocycles. The van der Waals surface area contributed by atoms with E-state index < -0.39 is 5.91 Å². The van der Waals surface area contributed by atoms with Crippen molar-refractivity contribution < 1.29 is 19.2 Å². The summed E-state index contributed by atoms with van der Waals surface area (Å²) in [4.78, 5) is 51.0. The number of amides is 4. The third kappa shape index (κ3) is 4.17. The van der Waals surface area contributed by atoms with Crippen LogP contribution >= 0.6 is 12.6 Å². The Labute approximate surface area is 173 Å². The Balaban J connectivity index is 1.58. The molecule has 0 saturated carbocycles. The fourth-order valence-corrected chi connectivity index (χ4v) is 3.35. The van der Waals surface area contributed by atoms with E-state index in [0.717, 1.165) is 0 Å². The molecule has 29 heavy (non-hydrogen) atoms. The third-order valence-corrected chi connectivity index (χ3v) is 4.93. The largest absolute Gasteiger partial charge is 0.350 e. The molecular formula is C21H21N3O4S. The second-order valence-electron chi connectivity index (χ2n) is 6.86. The first-order valence-corrected chi connectivity index (χ1v) is 9.62. The van der Waals surface area contributed by atoms with Crippen molar-refractivity contribution in [2.24, 2.45) is 0 Å². The number of benzene rings is 2. The molecule has 1 aliphatic heterocycles. The van der Waals surface area contributed by atoms with E-state index in [9.17, 15) is 19.2 Å². The van der Waals surface area contributed by atoms with E-state index >= 15 is 0 Å². The summed E-state index contributed by atoms with van der Waals surface area (Å²) in [5.74, 6) is -1.41. The first kappa shape index (κ1) is 20.6. The van der Waals surface area contributed by atoms with E-state index in [4.69, 9.17) is 0 Å². The Bertz CT molecular complexity index is 1000. The summed E-state index contributed by atoms with van der Waals surface area (Å²) in [7, 11) is 0. The van der Waals surface area contributed by atoms with E-state index in [0.29, 0.717) is 16.0 Å². The number of rotatable bonds is 6. The van der Waals surface area contributed by atoms with Crippen molar-refractivity contribution in [3.05, 3.63) is 64.7 Å². The lowest BCUT2D eigenvalue weighted by atomic mass is 10.1. The number of thiol groups is 1. The lowest BCUT2D eigenvalue weighted by Gasteiger charge is -2.17. The van der Waals surface area contributed by atoms with Crippen LogP contribution in [0.25, 0.3) is 0 Å². The Morgan fingerprint density at radius 2 is 1.55 bits per heavy atom. The molecule has 8 heteroatoms. The number of imide groups is 1. The molecule has 0 spiro atoms. The van der Waals surface area contributed by atoms with Crippen molar-refractivity contribution in [3.8, 4) is 0 Å². The fraction of sp³-hybridized carbons (Fsp3) is 0.238. The van der Waals surface area contributed by atoms with Gasteiger partial charge in [-0.15, -0.1) is 12.6 Å². The van der Waals surface area contributed by atoms with Gasteiger partial charge in [0.05, 0.1) is 16.7 Å². The highest BCUT2D eigenvalue weighted by atomic mass is 32.1. The Morgan fingerprint density at radius 3 is 2.21 bits per heavy atom. The van der Waals surface area contributed by atoms with Gasteiger partial charge in [0.1, 0.15) is 0 Å². The Morgan fingerprint density at radius 1 is 0.931 bits per heavy atom. The van der Waals surface area contributed by atoms with E-state index in [1.807, 2.05) is 0 Å². The first-order valence-electron chi connectivity index (χ1n) is 9.17. The van der Waals surface area contributed by atoms with Crippen LogP contribution in [-0.4, -0.2) is 47.7 Å². The van der Waals surface area contributed by atoms with Crippen molar-refractivity contribution in [1.82, 2.24) is 15.5 Å². The molecule has 150 valence electrons. The number of hydrogen-bond donors (Lipinski definition) is 3. The van der Waals surface area contributed by atoms with Gasteiger partial charge < -0.3 is 10.6 Å². The van der Waals surface area contributed by atoms with Crippen molar-refractivity contribution in [3.63, 3.8) is 0 Å². The predicted octanol–water partition coefficient (Wildman–Crippen LogP) is 2.14. The average molecular weight is 411 g/mol. The molecule has 0 bridgehead atoms. The highest BCUT2D eigenvalue weighted by molar-refractivity contribution is 7.80. The lowest BCUT2D eigenvalue weighted by Crippen LogP contribution is -2.36. The van der Waals surface area contributed by atoms with Crippen molar-refractivity contribution >= 4 is 36.3 Å². The zero-order valence-corrected chi connectivity index (χ0v) is 17.0. The molecule has 2 aromatic carbocycles. The molecule has 0 fully saturated rings. The summed E-state index contributed by atoms with van der Waals surface area (Å²) < 4.78 is 0. The summed E-state index contributed by atoms with van der Waals surface area (Å²) in [5.41, 5.74) is 1.27. The molecular weight excluding hydrogens is 390 g/mol. The molecule has 1 aliphatic rings. The van der Waals surface area contributed by atoms with Crippen LogP contribution < -0.4 is 10.6 Å². The molecule has 1 heterocycles. The molecule has 4 amide bonds. The molecule has 3 rings (SSSR count). The van der Waals surface area contributed by atoms with Gasteiger partial charge in [-0.1, -0.05) is 12.1 Å². The van der Waals surface area contributed by atoms with Crippen LogP contribution in [0.2, 0.25) is 0 Å². The van der Waals surface area contributed by atoms with Gasteiger partial charge in [-0.3, -0.25) is 24.1 Å². The standard InChI is InChI=1S/C21H21N3O4S/c1-12(2)24-20(27)14-8-7-13(11-16(14)21(24)28)18(25)22-9-10-23-19(26)15-5-3-4-6-17(15)29/h3-8,11-12,29H,9-10H2,1-2H3,(H,22,25)(H,23,26). The van der Waals surface area contributed by atoms with E-state index in [1.165, 1.54) is 23.1 Å². The monoisotopic (exact) mass is 411 g/mol. The molecule has 0 radical (unpaired) electrons. The minimum atomic E-state index is -0.396. The minimum absolute atomic E-state index is 0.210. The maximum atomic E-state index is 12.4. The summed E-state index contributed by atoms with van der Waals surface area (Å²) in [6, 6.07) is 11.1. The number of nitrogens with zero attached hydrogens (tertiary/aromatic N) is 1. The SMILES string of the molecule is CC(C)N1C(=O)c2ccc(C(=O)NCCNC(=O)c3ccccc3S)cc2C1=O.